The number of rotatable bonds is 9. The summed E-state index contributed by atoms with van der Waals surface area (Å²) < 4.78 is 23.7. The lowest BCUT2D eigenvalue weighted by Gasteiger charge is -2.25. The Hall–Kier alpha value is -3.52. The number of benzene rings is 3. The summed E-state index contributed by atoms with van der Waals surface area (Å²) in [7, 11) is 0. The van der Waals surface area contributed by atoms with E-state index in [1.54, 1.807) is 0 Å². The highest BCUT2D eigenvalue weighted by Gasteiger charge is 2.52. The van der Waals surface area contributed by atoms with Crippen LogP contribution in [0.15, 0.2) is 95.6 Å². The molecule has 0 fully saturated rings. The van der Waals surface area contributed by atoms with Crippen LogP contribution >= 0.6 is 0 Å². The molecule has 0 unspecified atom stereocenters. The molecule has 0 saturated heterocycles. The summed E-state index contributed by atoms with van der Waals surface area (Å²) in [5.41, 5.74) is 3.72. The van der Waals surface area contributed by atoms with E-state index in [9.17, 15) is 5.21 Å². The Labute approximate surface area is 191 Å². The molecule has 1 aromatic heterocycles. The molecule has 0 saturated carbocycles. The van der Waals surface area contributed by atoms with Crippen molar-refractivity contribution in [3.05, 3.63) is 124 Å². The van der Waals surface area contributed by atoms with Crippen LogP contribution in [0.2, 0.25) is 0 Å². The number of ether oxygens (including phenoxy) is 3. The molecule has 4 aromatic rings. The van der Waals surface area contributed by atoms with Crippen LogP contribution in [0, 0.1) is 5.21 Å². The van der Waals surface area contributed by atoms with E-state index in [-0.39, 0.29) is 0 Å². The van der Waals surface area contributed by atoms with Gasteiger partial charge in [0.15, 0.2) is 12.2 Å². The van der Waals surface area contributed by atoms with Gasteiger partial charge >= 0.3 is 0 Å². The highest BCUT2D eigenvalue weighted by atomic mass is 16.8. The van der Waals surface area contributed by atoms with Gasteiger partial charge in [0.25, 0.3) is 5.69 Å². The average molecular weight is 444 g/mol. The number of fused-ring (bicyclic) bond motifs is 1. The summed E-state index contributed by atoms with van der Waals surface area (Å²) in [6.45, 7) is 1.00. The predicted octanol–water partition coefficient (Wildman–Crippen LogP) is 4.42. The van der Waals surface area contributed by atoms with Crippen molar-refractivity contribution in [1.29, 1.82) is 0 Å². The first kappa shape index (κ1) is 21.3. The third kappa shape index (κ3) is 4.80. The summed E-state index contributed by atoms with van der Waals surface area (Å²) in [5, 5.41) is 16.5. The molecule has 1 aliphatic carbocycles. The molecular formula is C26H24N2O5. The average Bonchev–Trinajstić information content (AvgIpc) is 3.39. The molecule has 1 aliphatic rings. The summed E-state index contributed by atoms with van der Waals surface area (Å²) in [4.78, 5) is 0.399. The minimum absolute atomic E-state index is 0.294. The molecule has 1 heterocycles. The first-order chi connectivity index (χ1) is 16.3. The van der Waals surface area contributed by atoms with Crippen LogP contribution in [-0.2, 0) is 34.0 Å². The summed E-state index contributed by atoms with van der Waals surface area (Å²) in [6.07, 6.45) is -1.86. The third-order valence-electron chi connectivity index (χ3n) is 5.64. The van der Waals surface area contributed by atoms with Gasteiger partial charge in [-0.15, -0.1) is 0 Å². The maximum atomic E-state index is 12.5. The van der Waals surface area contributed by atoms with E-state index >= 15 is 0 Å². The lowest BCUT2D eigenvalue weighted by Crippen LogP contribution is -2.34. The molecule has 5 rings (SSSR count). The number of aromatic nitrogens is 2. The van der Waals surface area contributed by atoms with Crippen molar-refractivity contribution in [2.45, 2.75) is 38.1 Å². The standard InChI is InChI=1S/C26H24N2O5/c29-28-23-22(27-33-28)24(30-16-19-10-4-1-5-11-19)26(32-18-21-14-8-3-9-15-21)25(23)31-17-20-12-6-2-7-13-20/h1-15,24-26H,16-18H2/t24-,25+,26+/m1/s1. The largest absolute Gasteiger partial charge is 0.367 e. The van der Waals surface area contributed by atoms with Crippen LogP contribution in [-0.4, -0.2) is 11.3 Å². The van der Waals surface area contributed by atoms with E-state index in [4.69, 9.17) is 18.8 Å². The highest BCUT2D eigenvalue weighted by Crippen LogP contribution is 2.43. The van der Waals surface area contributed by atoms with Gasteiger partial charge in [0.05, 0.1) is 19.8 Å². The Balaban J connectivity index is 1.40. The minimum Gasteiger partial charge on any atom is -0.367 e. The van der Waals surface area contributed by atoms with Gasteiger partial charge in [-0.3, -0.25) is 4.63 Å². The second kappa shape index (κ2) is 9.95. The van der Waals surface area contributed by atoms with E-state index in [0.717, 1.165) is 16.7 Å². The van der Waals surface area contributed by atoms with Crippen molar-refractivity contribution < 1.29 is 23.7 Å². The fraction of sp³-hybridized carbons (Fsp3) is 0.231. The van der Waals surface area contributed by atoms with Gasteiger partial charge in [0, 0.05) is 5.16 Å². The van der Waals surface area contributed by atoms with Gasteiger partial charge in [0.1, 0.15) is 6.10 Å². The molecule has 0 bridgehead atoms. The molecule has 3 aromatic carbocycles. The van der Waals surface area contributed by atoms with Crippen molar-refractivity contribution in [3.8, 4) is 0 Å². The minimum atomic E-state index is -0.687. The zero-order chi connectivity index (χ0) is 22.5. The Bertz CT molecular complexity index is 1150. The van der Waals surface area contributed by atoms with E-state index in [0.29, 0.717) is 36.1 Å². The lowest BCUT2D eigenvalue weighted by atomic mass is 10.2. The zero-order valence-electron chi connectivity index (χ0n) is 17.9. The van der Waals surface area contributed by atoms with Gasteiger partial charge in [-0.25, -0.2) is 0 Å². The van der Waals surface area contributed by atoms with Crippen molar-refractivity contribution >= 4 is 0 Å². The van der Waals surface area contributed by atoms with Crippen LogP contribution in [0.5, 0.6) is 0 Å². The zero-order valence-corrected chi connectivity index (χ0v) is 17.9. The maximum Gasteiger partial charge on any atom is 0.255 e. The smallest absolute Gasteiger partial charge is 0.255 e. The molecule has 33 heavy (non-hydrogen) atoms. The summed E-state index contributed by atoms with van der Waals surface area (Å²) in [6, 6.07) is 29.5. The Morgan fingerprint density at radius 3 is 1.64 bits per heavy atom. The van der Waals surface area contributed by atoms with E-state index in [1.165, 1.54) is 0 Å². The quantitative estimate of drug-likeness (QED) is 0.356. The van der Waals surface area contributed by atoms with Crippen LogP contribution in [0.3, 0.4) is 0 Å². The van der Waals surface area contributed by atoms with Crippen LogP contribution < -0.4 is 4.90 Å². The van der Waals surface area contributed by atoms with Crippen LogP contribution in [0.1, 0.15) is 40.3 Å². The normalized spacial score (nSPS) is 19.5. The highest BCUT2D eigenvalue weighted by molar-refractivity contribution is 5.24. The second-order valence-corrected chi connectivity index (χ2v) is 7.90. The van der Waals surface area contributed by atoms with Crippen molar-refractivity contribution in [2.75, 3.05) is 0 Å². The van der Waals surface area contributed by atoms with Gasteiger partial charge in [-0.2, -0.15) is 0 Å². The molecule has 0 spiro atoms. The molecule has 0 aliphatic heterocycles. The third-order valence-corrected chi connectivity index (χ3v) is 5.64. The fourth-order valence-corrected chi connectivity index (χ4v) is 3.99. The maximum absolute atomic E-state index is 12.5. The number of nitrogens with zero attached hydrogens (tertiary/aromatic N) is 2. The van der Waals surface area contributed by atoms with Gasteiger partial charge in [-0.1, -0.05) is 91.0 Å². The summed E-state index contributed by atoms with van der Waals surface area (Å²) >= 11 is 0. The van der Waals surface area contributed by atoms with Gasteiger partial charge in [0.2, 0.25) is 5.69 Å². The molecule has 0 N–H and O–H groups in total. The molecule has 7 nitrogen and oxygen atoms in total. The van der Waals surface area contributed by atoms with Crippen LogP contribution in [0.4, 0.5) is 0 Å². The van der Waals surface area contributed by atoms with Crippen molar-refractivity contribution in [2.24, 2.45) is 0 Å². The molecular weight excluding hydrogens is 420 g/mol. The van der Waals surface area contributed by atoms with Gasteiger partial charge < -0.3 is 19.4 Å². The fourth-order valence-electron chi connectivity index (χ4n) is 3.99. The van der Waals surface area contributed by atoms with Crippen LogP contribution in [0.25, 0.3) is 0 Å². The van der Waals surface area contributed by atoms with E-state index < -0.39 is 18.3 Å². The topological polar surface area (TPSA) is 80.7 Å². The molecule has 168 valence electrons. The SMILES string of the molecule is [O-][n+]1onc2c1[C@H](OCc1ccccc1)[C@@H](OCc1ccccc1)[C@@H]2OCc1ccccc1. The Morgan fingerprint density at radius 2 is 1.12 bits per heavy atom. The van der Waals surface area contributed by atoms with Crippen molar-refractivity contribution in [3.63, 3.8) is 0 Å². The number of hydrogen-bond acceptors (Lipinski definition) is 6. The first-order valence-corrected chi connectivity index (χ1v) is 10.9. The summed E-state index contributed by atoms with van der Waals surface area (Å²) in [5.74, 6) is 0. The van der Waals surface area contributed by atoms with E-state index in [1.807, 2.05) is 91.0 Å². The Kier molecular flexibility index (Phi) is 6.44. The monoisotopic (exact) mass is 444 g/mol. The van der Waals surface area contributed by atoms with Gasteiger partial charge in [-0.05, 0) is 21.6 Å². The molecule has 0 amide bonds. The number of hydrogen-bond donors (Lipinski definition) is 0. The predicted molar refractivity (Wildman–Crippen MR) is 118 cm³/mol. The molecule has 7 heteroatoms. The van der Waals surface area contributed by atoms with E-state index in [2.05, 4.69) is 5.16 Å². The van der Waals surface area contributed by atoms with Crippen molar-refractivity contribution in [1.82, 2.24) is 5.16 Å². The second-order valence-electron chi connectivity index (χ2n) is 7.90. The molecule has 3 atom stereocenters. The Morgan fingerprint density at radius 1 is 0.667 bits per heavy atom. The molecule has 0 radical (unpaired) electrons. The first-order valence-electron chi connectivity index (χ1n) is 10.9. The lowest BCUT2D eigenvalue weighted by molar-refractivity contribution is -0.810.